The molecule has 2 aromatic heterocycles. The monoisotopic (exact) mass is 401 g/mol. The maximum atomic E-state index is 12.0. The molecule has 2 heterocycles. The number of rotatable bonds is 5. The van der Waals surface area contributed by atoms with Crippen molar-refractivity contribution in [3.05, 3.63) is 21.7 Å². The van der Waals surface area contributed by atoms with E-state index in [2.05, 4.69) is 36.1 Å². The molecule has 2 aromatic rings. The largest absolute Gasteiger partial charge is 0.382 e. The zero-order valence-corrected chi connectivity index (χ0v) is 14.4. The number of carbonyl (C=O) groups is 2. The van der Waals surface area contributed by atoms with Crippen LogP contribution in [0.5, 0.6) is 0 Å². The lowest BCUT2D eigenvalue weighted by Gasteiger charge is -2.10. The molecule has 138 valence electrons. The summed E-state index contributed by atoms with van der Waals surface area (Å²) in [6.45, 7) is -0.205. The van der Waals surface area contributed by atoms with E-state index < -0.39 is 11.8 Å². The van der Waals surface area contributed by atoms with Gasteiger partial charge in [-0.1, -0.05) is 23.2 Å². The number of halogens is 2. The average molecular weight is 402 g/mol. The third kappa shape index (κ3) is 4.27. The Labute approximate surface area is 155 Å². The third-order valence-electron chi connectivity index (χ3n) is 2.78. The summed E-state index contributed by atoms with van der Waals surface area (Å²) < 4.78 is 0. The van der Waals surface area contributed by atoms with E-state index in [1.807, 2.05) is 0 Å². The van der Waals surface area contributed by atoms with Gasteiger partial charge in [0.1, 0.15) is 0 Å². The van der Waals surface area contributed by atoms with Crippen LogP contribution in [0.1, 0.15) is 21.0 Å². The van der Waals surface area contributed by atoms with Crippen molar-refractivity contribution in [1.82, 2.24) is 36.1 Å². The molecule has 2 amide bonds. The number of nitrogen functional groups attached to an aromatic ring is 4. The Morgan fingerprint density at radius 2 is 1.23 bits per heavy atom. The number of nitrogens with two attached hydrogens (primary N) is 4. The van der Waals surface area contributed by atoms with Gasteiger partial charge in [-0.25, -0.2) is 25.4 Å². The number of hydrogen-bond acceptors (Lipinski definition) is 11. The third-order valence-corrected chi connectivity index (χ3v) is 3.34. The second-order valence-corrected chi connectivity index (χ2v) is 5.30. The number of amides is 2. The molecule has 26 heavy (non-hydrogen) atoms. The summed E-state index contributed by atoms with van der Waals surface area (Å²) in [6.07, 6.45) is 0. The molecule has 15 heteroatoms. The van der Waals surface area contributed by atoms with Crippen molar-refractivity contribution >= 4 is 58.3 Å². The fraction of sp³-hybridized carbons (Fsp3) is 0.0909. The lowest BCUT2D eigenvalue weighted by atomic mass is 10.4. The van der Waals surface area contributed by atoms with Gasteiger partial charge in [-0.05, 0) is 0 Å². The maximum Gasteiger partial charge on any atom is 0.287 e. The number of carbonyl (C=O) groups excluding carboxylic acids is 2. The number of hydrogen-bond donors (Lipinski definition) is 7. The van der Waals surface area contributed by atoms with Crippen molar-refractivity contribution < 1.29 is 9.59 Å². The van der Waals surface area contributed by atoms with Crippen molar-refractivity contribution in [1.29, 1.82) is 0 Å². The molecule has 0 unspecified atom stereocenters. The van der Waals surface area contributed by atoms with Crippen LogP contribution >= 0.6 is 23.2 Å². The Kier molecular flexibility index (Phi) is 5.76. The van der Waals surface area contributed by atoms with Gasteiger partial charge in [0.25, 0.3) is 11.8 Å². The van der Waals surface area contributed by atoms with Crippen LogP contribution in [0.15, 0.2) is 0 Å². The van der Waals surface area contributed by atoms with Crippen LogP contribution in [0.2, 0.25) is 10.3 Å². The highest BCUT2D eigenvalue weighted by molar-refractivity contribution is 6.32. The van der Waals surface area contributed by atoms with Crippen LogP contribution in [0.3, 0.4) is 0 Å². The van der Waals surface area contributed by atoms with Crippen LogP contribution in [-0.2, 0) is 0 Å². The van der Waals surface area contributed by atoms with E-state index in [9.17, 15) is 9.59 Å². The minimum absolute atomic E-state index is 0.105. The molecule has 0 radical (unpaired) electrons. The Bertz CT molecular complexity index is 804. The van der Waals surface area contributed by atoms with E-state index >= 15 is 0 Å². The molecule has 0 aliphatic carbocycles. The van der Waals surface area contributed by atoms with Gasteiger partial charge >= 0.3 is 0 Å². The minimum atomic E-state index is -0.749. The number of anilines is 4. The molecule has 0 fully saturated rings. The number of nitrogens with zero attached hydrogens (tertiary/aromatic N) is 4. The maximum absolute atomic E-state index is 12.0. The first-order chi connectivity index (χ1) is 12.2. The second-order valence-electron chi connectivity index (χ2n) is 4.58. The first-order valence-corrected chi connectivity index (χ1v) is 7.44. The van der Waals surface area contributed by atoms with Crippen molar-refractivity contribution in [2.24, 2.45) is 0 Å². The van der Waals surface area contributed by atoms with E-state index in [0.29, 0.717) is 0 Å². The van der Waals surface area contributed by atoms with E-state index in [-0.39, 0.29) is 51.6 Å². The van der Waals surface area contributed by atoms with E-state index in [1.165, 1.54) is 0 Å². The number of nitrogens with one attached hydrogen (secondary N) is 3. The SMILES string of the molecule is Nc1nc(N)c(C(=O)NCNNC(=O)c2nc(Cl)c(N)nc2N)nc1Cl. The molecular formula is C11H13Cl2N11O2. The van der Waals surface area contributed by atoms with Gasteiger partial charge in [-0.2, -0.15) is 0 Å². The molecule has 0 saturated carbocycles. The molecule has 0 atom stereocenters. The first-order valence-electron chi connectivity index (χ1n) is 6.69. The van der Waals surface area contributed by atoms with Gasteiger partial charge in [0.05, 0.1) is 6.67 Å². The average Bonchev–Trinajstić information content (AvgIpc) is 2.57. The van der Waals surface area contributed by atoms with E-state index in [0.717, 1.165) is 0 Å². The highest BCUT2D eigenvalue weighted by Crippen LogP contribution is 2.17. The minimum Gasteiger partial charge on any atom is -0.382 e. The fourth-order valence-electron chi connectivity index (χ4n) is 1.61. The molecule has 11 N–H and O–H groups in total. The Morgan fingerprint density at radius 3 is 1.73 bits per heavy atom. The molecule has 2 rings (SSSR count). The summed E-state index contributed by atoms with van der Waals surface area (Å²) in [6, 6.07) is 0. The molecule has 0 aliphatic heterocycles. The van der Waals surface area contributed by atoms with E-state index in [1.54, 1.807) is 0 Å². The predicted molar refractivity (Wildman–Crippen MR) is 94.7 cm³/mol. The number of aromatic nitrogens is 4. The molecule has 13 nitrogen and oxygen atoms in total. The number of hydrazine groups is 1. The van der Waals surface area contributed by atoms with Crippen LogP contribution in [0.25, 0.3) is 0 Å². The van der Waals surface area contributed by atoms with Gasteiger partial charge in [0, 0.05) is 0 Å². The predicted octanol–water partition coefficient (Wildman–Crippen LogP) is -1.48. The smallest absolute Gasteiger partial charge is 0.287 e. The van der Waals surface area contributed by atoms with Gasteiger partial charge < -0.3 is 28.3 Å². The van der Waals surface area contributed by atoms with Crippen LogP contribution in [0, 0.1) is 0 Å². The molecule has 0 spiro atoms. The summed E-state index contributed by atoms with van der Waals surface area (Å²) in [5, 5.41) is 2.03. The molecule has 0 saturated heterocycles. The normalized spacial score (nSPS) is 10.4. The van der Waals surface area contributed by atoms with E-state index in [4.69, 9.17) is 46.1 Å². The zero-order chi connectivity index (χ0) is 19.4. The quantitative estimate of drug-likeness (QED) is 0.173. The molecular weight excluding hydrogens is 389 g/mol. The van der Waals surface area contributed by atoms with Crippen molar-refractivity contribution in [3.8, 4) is 0 Å². The summed E-state index contributed by atoms with van der Waals surface area (Å²) in [4.78, 5) is 38.7. The Balaban J connectivity index is 1.91. The summed E-state index contributed by atoms with van der Waals surface area (Å²) >= 11 is 11.4. The fourth-order valence-corrected chi connectivity index (χ4v) is 1.86. The van der Waals surface area contributed by atoms with Gasteiger partial charge in [0.2, 0.25) is 0 Å². The lowest BCUT2D eigenvalue weighted by molar-refractivity contribution is 0.0899. The summed E-state index contributed by atoms with van der Waals surface area (Å²) in [7, 11) is 0. The molecule has 0 aliphatic rings. The standard InChI is InChI=1S/C11H13Cl2N11O2/c12-4-8(16)22-6(14)2(20-4)10(25)18-1-19-24-11(26)3-7(15)23-9(17)5(13)21-3/h19H,1H2,(H,18,25)(H,24,26)(H4,14,16,22)(H4,15,17,23). The van der Waals surface area contributed by atoms with Crippen LogP contribution in [-0.4, -0.2) is 38.4 Å². The second kappa shape index (κ2) is 7.81. The van der Waals surface area contributed by atoms with Crippen molar-refractivity contribution in [2.75, 3.05) is 29.6 Å². The highest BCUT2D eigenvalue weighted by Gasteiger charge is 2.17. The van der Waals surface area contributed by atoms with Gasteiger partial charge in [-0.3, -0.25) is 15.0 Å². The van der Waals surface area contributed by atoms with Crippen LogP contribution in [0.4, 0.5) is 23.3 Å². The lowest BCUT2D eigenvalue weighted by Crippen LogP contribution is -2.45. The summed E-state index contributed by atoms with van der Waals surface area (Å²) in [5.41, 5.74) is 26.1. The molecule has 0 aromatic carbocycles. The summed E-state index contributed by atoms with van der Waals surface area (Å²) in [5.74, 6) is -2.08. The van der Waals surface area contributed by atoms with Crippen LogP contribution < -0.4 is 39.1 Å². The van der Waals surface area contributed by atoms with Crippen molar-refractivity contribution in [2.45, 2.75) is 0 Å². The Hall–Kier alpha value is -3.16. The zero-order valence-electron chi connectivity index (χ0n) is 12.9. The van der Waals surface area contributed by atoms with Gasteiger partial charge in [-0.15, -0.1) is 0 Å². The molecule has 0 bridgehead atoms. The first kappa shape index (κ1) is 19.2. The highest BCUT2D eigenvalue weighted by atomic mass is 35.5. The van der Waals surface area contributed by atoms with Crippen molar-refractivity contribution in [3.63, 3.8) is 0 Å². The topological polar surface area (TPSA) is 226 Å². The van der Waals surface area contributed by atoms with Gasteiger partial charge in [0.15, 0.2) is 45.0 Å². The Morgan fingerprint density at radius 1 is 0.769 bits per heavy atom.